The van der Waals surface area contributed by atoms with Crippen molar-refractivity contribution in [1.82, 2.24) is 9.21 Å². The molecule has 1 heterocycles. The van der Waals surface area contributed by atoms with Gasteiger partial charge < -0.3 is 4.90 Å². The van der Waals surface area contributed by atoms with Crippen LogP contribution in [0.3, 0.4) is 0 Å². The molecule has 0 spiro atoms. The lowest BCUT2D eigenvalue weighted by atomic mass is 10.0. The summed E-state index contributed by atoms with van der Waals surface area (Å²) in [4.78, 5) is 28.1. The third-order valence-corrected chi connectivity index (χ3v) is 8.62. The predicted molar refractivity (Wildman–Crippen MR) is 104 cm³/mol. The fourth-order valence-electron chi connectivity index (χ4n) is 5.19. The molecule has 0 bridgehead atoms. The number of nitrogens with zero attached hydrogens (tertiary/aromatic N) is 2. The van der Waals surface area contributed by atoms with Crippen molar-refractivity contribution in [3.8, 4) is 0 Å². The molecule has 0 unspecified atom stereocenters. The molecule has 1 aliphatic heterocycles. The van der Waals surface area contributed by atoms with Crippen molar-refractivity contribution in [3.63, 3.8) is 0 Å². The van der Waals surface area contributed by atoms with Crippen molar-refractivity contribution < 1.29 is 18.0 Å². The van der Waals surface area contributed by atoms with Crippen LogP contribution in [0.25, 0.3) is 0 Å². The molecular weight excluding hydrogens is 376 g/mol. The minimum atomic E-state index is -3.84. The lowest BCUT2D eigenvalue weighted by Crippen LogP contribution is -2.45. The average molecular weight is 403 g/mol. The van der Waals surface area contributed by atoms with Crippen molar-refractivity contribution in [2.75, 3.05) is 0 Å². The van der Waals surface area contributed by atoms with Gasteiger partial charge in [0.05, 0.1) is 5.56 Å². The van der Waals surface area contributed by atoms with Gasteiger partial charge in [-0.25, -0.2) is 12.7 Å². The van der Waals surface area contributed by atoms with Crippen molar-refractivity contribution >= 4 is 21.8 Å². The van der Waals surface area contributed by atoms with Gasteiger partial charge in [0.2, 0.25) is 0 Å². The zero-order chi connectivity index (χ0) is 19.5. The van der Waals surface area contributed by atoms with Crippen LogP contribution in [0.5, 0.6) is 0 Å². The van der Waals surface area contributed by atoms with E-state index in [2.05, 4.69) is 0 Å². The summed E-state index contributed by atoms with van der Waals surface area (Å²) in [5.74, 6) is -0.519. The van der Waals surface area contributed by atoms with Crippen LogP contribution >= 0.6 is 0 Å². The van der Waals surface area contributed by atoms with E-state index in [9.17, 15) is 18.0 Å². The van der Waals surface area contributed by atoms with Gasteiger partial charge in [-0.3, -0.25) is 9.59 Å². The van der Waals surface area contributed by atoms with Crippen LogP contribution in [0.1, 0.15) is 84.9 Å². The molecule has 150 valence electrons. The van der Waals surface area contributed by atoms with Gasteiger partial charge in [-0.1, -0.05) is 25.7 Å². The summed E-state index contributed by atoms with van der Waals surface area (Å²) in [6.07, 6.45) is 10.1. The van der Waals surface area contributed by atoms with Gasteiger partial charge in [0.25, 0.3) is 21.8 Å². The maximum absolute atomic E-state index is 13.5. The van der Waals surface area contributed by atoms with E-state index < -0.39 is 15.9 Å². The highest BCUT2D eigenvalue weighted by Crippen LogP contribution is 2.40. The Morgan fingerprint density at radius 1 is 0.929 bits per heavy atom. The van der Waals surface area contributed by atoms with Gasteiger partial charge in [-0.2, -0.15) is 0 Å². The fourth-order valence-corrected chi connectivity index (χ4v) is 7.04. The number of fused-ring (bicyclic) bond motifs is 1. The first-order chi connectivity index (χ1) is 13.5. The number of rotatable bonds is 4. The minimum absolute atomic E-state index is 0.00745. The molecule has 0 atom stereocenters. The smallest absolute Gasteiger partial charge is 0.269 e. The highest BCUT2D eigenvalue weighted by molar-refractivity contribution is 7.90. The molecule has 0 N–H and O–H groups in total. The topological polar surface area (TPSA) is 74.8 Å². The van der Waals surface area contributed by atoms with E-state index in [-0.39, 0.29) is 34.5 Å². The van der Waals surface area contributed by atoms with Gasteiger partial charge in [0.15, 0.2) is 0 Å². The minimum Gasteiger partial charge on any atom is -0.333 e. The van der Waals surface area contributed by atoms with E-state index in [0.29, 0.717) is 5.56 Å². The molecule has 0 saturated heterocycles. The van der Waals surface area contributed by atoms with E-state index in [1.54, 1.807) is 6.07 Å². The normalized spacial score (nSPS) is 24.7. The van der Waals surface area contributed by atoms with Crippen LogP contribution in [0, 0.1) is 0 Å². The first-order valence-corrected chi connectivity index (χ1v) is 12.0. The lowest BCUT2D eigenvalue weighted by Gasteiger charge is -2.35. The van der Waals surface area contributed by atoms with E-state index in [1.165, 1.54) is 12.1 Å². The first-order valence-electron chi connectivity index (χ1n) is 10.5. The number of carbonyl (C=O) groups excluding carboxylic acids is 2. The maximum atomic E-state index is 13.5. The zero-order valence-electron chi connectivity index (χ0n) is 16.0. The Hall–Kier alpha value is -1.89. The summed E-state index contributed by atoms with van der Waals surface area (Å²) in [6.45, 7) is 0. The summed E-state index contributed by atoms with van der Waals surface area (Å²) < 4.78 is 26.9. The second-order valence-electron chi connectivity index (χ2n) is 8.64. The number of sulfonamides is 1. The lowest BCUT2D eigenvalue weighted by molar-refractivity contribution is 0.0579. The Balaban J connectivity index is 1.50. The maximum Gasteiger partial charge on any atom is 0.269 e. The largest absolute Gasteiger partial charge is 0.333 e. The van der Waals surface area contributed by atoms with Crippen molar-refractivity contribution in [2.45, 2.75) is 87.2 Å². The molecule has 6 nitrogen and oxygen atoms in total. The van der Waals surface area contributed by atoms with E-state index in [1.807, 2.05) is 4.90 Å². The van der Waals surface area contributed by atoms with E-state index >= 15 is 0 Å². The Kier molecular flexibility index (Phi) is 4.27. The van der Waals surface area contributed by atoms with Crippen LogP contribution in [0.2, 0.25) is 0 Å². The van der Waals surface area contributed by atoms with E-state index in [0.717, 1.165) is 68.5 Å². The Labute approximate surface area is 165 Å². The summed E-state index contributed by atoms with van der Waals surface area (Å²) in [5, 5.41) is 0. The first kappa shape index (κ1) is 18.2. The Morgan fingerprint density at radius 2 is 1.50 bits per heavy atom. The molecule has 4 aliphatic rings. The Morgan fingerprint density at radius 3 is 2.04 bits per heavy atom. The monoisotopic (exact) mass is 402 g/mol. The molecule has 0 radical (unpaired) electrons. The number of hydrogen-bond acceptors (Lipinski definition) is 4. The number of carbonyl (C=O) groups is 2. The van der Waals surface area contributed by atoms with Crippen molar-refractivity contribution in [1.29, 1.82) is 0 Å². The molecule has 0 aromatic heterocycles. The van der Waals surface area contributed by atoms with Gasteiger partial charge in [0, 0.05) is 23.7 Å². The Bertz CT molecular complexity index is 910. The standard InChI is InChI=1S/C21H26N2O4S/c24-20(22(15-5-1-2-6-15)16-7-3-4-8-16)14-9-12-18-19(13-14)28(26,27)23(21(18)25)17-10-11-17/h9,12-13,15-17H,1-8,10-11H2. The van der Waals surface area contributed by atoms with Crippen LogP contribution in [0.15, 0.2) is 23.1 Å². The number of benzene rings is 1. The quantitative estimate of drug-likeness (QED) is 0.774. The van der Waals surface area contributed by atoms with Crippen LogP contribution < -0.4 is 0 Å². The van der Waals surface area contributed by atoms with Gasteiger partial charge in [0.1, 0.15) is 4.90 Å². The van der Waals surface area contributed by atoms with Crippen LogP contribution in [-0.2, 0) is 10.0 Å². The molecule has 2 amide bonds. The van der Waals surface area contributed by atoms with Crippen molar-refractivity contribution in [3.05, 3.63) is 29.3 Å². The molecule has 3 saturated carbocycles. The molecule has 28 heavy (non-hydrogen) atoms. The van der Waals surface area contributed by atoms with Gasteiger partial charge in [-0.15, -0.1) is 0 Å². The van der Waals surface area contributed by atoms with Gasteiger partial charge in [-0.05, 0) is 56.7 Å². The zero-order valence-corrected chi connectivity index (χ0v) is 16.8. The third kappa shape index (κ3) is 2.78. The number of amides is 2. The fraction of sp³-hybridized carbons (Fsp3) is 0.619. The molecule has 3 fully saturated rings. The summed E-state index contributed by atoms with van der Waals surface area (Å²) in [6, 6.07) is 4.92. The van der Waals surface area contributed by atoms with Crippen LogP contribution in [0.4, 0.5) is 0 Å². The molecular formula is C21H26N2O4S. The number of hydrogen-bond donors (Lipinski definition) is 0. The summed E-state index contributed by atoms with van der Waals surface area (Å²) in [5.41, 5.74) is 0.600. The molecule has 1 aromatic rings. The van der Waals surface area contributed by atoms with Crippen LogP contribution in [-0.4, -0.2) is 47.6 Å². The summed E-state index contributed by atoms with van der Waals surface area (Å²) >= 11 is 0. The predicted octanol–water partition coefficient (Wildman–Crippen LogP) is 3.32. The molecule has 1 aromatic carbocycles. The molecule has 5 rings (SSSR count). The molecule has 7 heteroatoms. The SMILES string of the molecule is O=C(c1ccc2c(c1)S(=O)(=O)N(C1CC1)C2=O)N(C1CCCC1)C1CCCC1. The highest BCUT2D eigenvalue weighted by atomic mass is 32.2. The highest BCUT2D eigenvalue weighted by Gasteiger charge is 2.49. The molecule has 3 aliphatic carbocycles. The van der Waals surface area contributed by atoms with Gasteiger partial charge >= 0.3 is 0 Å². The summed E-state index contributed by atoms with van der Waals surface area (Å²) in [7, 11) is -3.84. The second-order valence-corrected chi connectivity index (χ2v) is 10.4. The average Bonchev–Trinajstić information content (AvgIpc) is 3.10. The third-order valence-electron chi connectivity index (χ3n) is 6.75. The second kappa shape index (κ2) is 6.58. The van der Waals surface area contributed by atoms with Crippen molar-refractivity contribution in [2.24, 2.45) is 0 Å². The van der Waals surface area contributed by atoms with E-state index in [4.69, 9.17) is 0 Å².